The average Bonchev–Trinajstić information content (AvgIpc) is 3.04. The fraction of sp³-hybridized carbons (Fsp3) is 0.222. The Bertz CT molecular complexity index is 1070. The molecule has 4 rings (SSSR count). The van der Waals surface area contributed by atoms with Crippen LogP contribution < -0.4 is 4.31 Å². The molecule has 2 aromatic heterocycles. The Labute approximate surface area is 172 Å². The number of anilines is 1. The Balaban J connectivity index is 1.75. The van der Waals surface area contributed by atoms with E-state index in [2.05, 4.69) is 4.98 Å². The summed E-state index contributed by atoms with van der Waals surface area (Å²) in [7, 11) is 0. The first-order chi connectivity index (χ1) is 13.3. The van der Waals surface area contributed by atoms with Crippen LogP contribution in [0, 0.1) is 6.92 Å². The fourth-order valence-electron chi connectivity index (χ4n) is 3.41. The summed E-state index contributed by atoms with van der Waals surface area (Å²) in [5.41, 5.74) is -0.265. The number of aryl methyl sites for hydroxylation is 1. The van der Waals surface area contributed by atoms with Gasteiger partial charge in [-0.25, -0.2) is 18.3 Å². The van der Waals surface area contributed by atoms with Crippen molar-refractivity contribution < 1.29 is 23.1 Å². The topological polar surface area (TPSA) is 104 Å². The molecule has 0 saturated heterocycles. The zero-order valence-electron chi connectivity index (χ0n) is 14.5. The number of nitrogens with zero attached hydrogens (tertiary/aromatic N) is 2. The van der Waals surface area contributed by atoms with Gasteiger partial charge in [0.1, 0.15) is 10.7 Å². The molecule has 3 unspecified atom stereocenters. The minimum atomic E-state index is -2.53. The van der Waals surface area contributed by atoms with E-state index < -0.39 is 28.7 Å². The number of hydrogen-bond donors (Lipinski definition) is 2. The molecule has 3 atom stereocenters. The van der Waals surface area contributed by atoms with Gasteiger partial charge in [-0.2, -0.15) is 0 Å². The van der Waals surface area contributed by atoms with Crippen LogP contribution in [0.25, 0.3) is 10.6 Å². The van der Waals surface area contributed by atoms with E-state index in [9.17, 15) is 18.7 Å². The maximum Gasteiger partial charge on any atom is 0.331 e. The third-order valence-electron chi connectivity index (χ3n) is 4.74. The number of thiophene rings is 1. The second-order valence-corrected chi connectivity index (χ2v) is 8.65. The van der Waals surface area contributed by atoms with E-state index in [1.807, 2.05) is 30.3 Å². The van der Waals surface area contributed by atoms with E-state index >= 15 is 0 Å². The van der Waals surface area contributed by atoms with Gasteiger partial charge in [0.25, 0.3) is 11.3 Å². The summed E-state index contributed by atoms with van der Waals surface area (Å²) in [6.45, 7) is 1.66. The van der Waals surface area contributed by atoms with Crippen LogP contribution in [0.1, 0.15) is 23.8 Å². The van der Waals surface area contributed by atoms with Gasteiger partial charge in [0.15, 0.2) is 11.4 Å². The van der Waals surface area contributed by atoms with Crippen molar-refractivity contribution in [2.75, 3.05) is 4.31 Å². The van der Waals surface area contributed by atoms with E-state index in [1.165, 1.54) is 0 Å². The summed E-state index contributed by atoms with van der Waals surface area (Å²) >= 11 is 4.65. The summed E-state index contributed by atoms with van der Waals surface area (Å²) in [6.07, 6.45) is 0.232. The van der Waals surface area contributed by atoms with E-state index in [-0.39, 0.29) is 11.6 Å². The standard InChI is InChI=1S/C18H15ClN2O5S2/c1-10-20-15(16(19)26-10)13-7-8-14(27-13)21(28(24)25)18(17(22)23)9-12(18)11-5-3-2-4-6-11/h2-8,12H,9H2,1H3,(H,22,23)(H,24,25). The quantitative estimate of drug-likeness (QED) is 0.555. The second-order valence-electron chi connectivity index (χ2n) is 6.41. The summed E-state index contributed by atoms with van der Waals surface area (Å²) in [4.78, 5) is 17.0. The zero-order valence-corrected chi connectivity index (χ0v) is 16.9. The second kappa shape index (κ2) is 7.00. The van der Waals surface area contributed by atoms with Crippen LogP contribution in [-0.4, -0.2) is 30.4 Å². The number of aromatic nitrogens is 1. The molecule has 0 spiro atoms. The average molecular weight is 439 g/mol. The highest BCUT2D eigenvalue weighted by atomic mass is 35.5. The van der Waals surface area contributed by atoms with Crippen molar-refractivity contribution in [3.8, 4) is 10.6 Å². The van der Waals surface area contributed by atoms with Crippen LogP contribution in [0.4, 0.5) is 5.00 Å². The lowest BCUT2D eigenvalue weighted by atomic mass is 10.1. The molecule has 7 nitrogen and oxygen atoms in total. The highest BCUT2D eigenvalue weighted by molar-refractivity contribution is 7.81. The molecule has 2 heterocycles. The molecule has 146 valence electrons. The van der Waals surface area contributed by atoms with Gasteiger partial charge in [0.2, 0.25) is 5.22 Å². The number of carboxylic acids is 1. The number of carbonyl (C=O) groups is 1. The molecule has 3 aromatic rings. The summed E-state index contributed by atoms with van der Waals surface area (Å²) < 4.78 is 28.5. The van der Waals surface area contributed by atoms with Gasteiger partial charge < -0.3 is 9.52 Å². The monoisotopic (exact) mass is 438 g/mol. The summed E-state index contributed by atoms with van der Waals surface area (Å²) in [6, 6.07) is 12.4. The number of carboxylic acid groups (broad SMARTS) is 1. The normalized spacial score (nSPS) is 22.0. The Morgan fingerprint density at radius 2 is 2.07 bits per heavy atom. The number of halogens is 1. The molecule has 28 heavy (non-hydrogen) atoms. The molecule has 0 radical (unpaired) electrons. The summed E-state index contributed by atoms with van der Waals surface area (Å²) in [5, 5.41) is 10.4. The Morgan fingerprint density at radius 3 is 2.64 bits per heavy atom. The molecule has 0 bridgehead atoms. The number of rotatable bonds is 6. The minimum Gasteiger partial charge on any atom is -0.479 e. The molecule has 1 fully saturated rings. The first-order valence-corrected chi connectivity index (χ1v) is 10.5. The number of hydrogen-bond acceptors (Lipinski definition) is 5. The van der Waals surface area contributed by atoms with Gasteiger partial charge in [-0.1, -0.05) is 30.3 Å². The largest absolute Gasteiger partial charge is 0.479 e. The van der Waals surface area contributed by atoms with Crippen LogP contribution in [0.15, 0.2) is 46.9 Å². The molecule has 0 aliphatic heterocycles. The Kier molecular flexibility index (Phi) is 4.78. The van der Waals surface area contributed by atoms with Crippen LogP contribution in [0.5, 0.6) is 0 Å². The highest BCUT2D eigenvalue weighted by Crippen LogP contribution is 2.58. The number of benzene rings is 1. The van der Waals surface area contributed by atoms with Gasteiger partial charge in [0, 0.05) is 12.8 Å². The van der Waals surface area contributed by atoms with Crippen molar-refractivity contribution in [2.45, 2.75) is 24.8 Å². The van der Waals surface area contributed by atoms with Gasteiger partial charge in [0.05, 0.1) is 4.88 Å². The van der Waals surface area contributed by atoms with E-state index in [4.69, 9.17) is 16.0 Å². The van der Waals surface area contributed by atoms with Crippen molar-refractivity contribution >= 4 is 45.2 Å². The van der Waals surface area contributed by atoms with Crippen LogP contribution in [0.2, 0.25) is 5.22 Å². The zero-order chi connectivity index (χ0) is 20.1. The Hall–Kier alpha value is -2.20. The lowest BCUT2D eigenvalue weighted by molar-refractivity contribution is -0.139. The van der Waals surface area contributed by atoms with Gasteiger partial charge in [-0.3, -0.25) is 4.55 Å². The molecule has 0 amide bonds. The van der Waals surface area contributed by atoms with Crippen molar-refractivity contribution in [3.05, 3.63) is 59.1 Å². The first kappa shape index (κ1) is 19.1. The molecule has 2 N–H and O–H groups in total. The highest BCUT2D eigenvalue weighted by Gasteiger charge is 2.67. The first-order valence-electron chi connectivity index (χ1n) is 8.27. The Morgan fingerprint density at radius 1 is 1.36 bits per heavy atom. The fourth-order valence-corrected chi connectivity index (χ4v) is 5.78. The van der Waals surface area contributed by atoms with Gasteiger partial charge >= 0.3 is 5.97 Å². The third-order valence-corrected chi connectivity index (χ3v) is 7.02. The van der Waals surface area contributed by atoms with Crippen molar-refractivity contribution in [2.24, 2.45) is 0 Å². The lowest BCUT2D eigenvalue weighted by Crippen LogP contribution is -2.45. The van der Waals surface area contributed by atoms with Crippen molar-refractivity contribution in [3.63, 3.8) is 0 Å². The minimum absolute atomic E-state index is 0.115. The maximum absolute atomic E-state index is 12.2. The van der Waals surface area contributed by atoms with Crippen LogP contribution in [-0.2, 0) is 16.1 Å². The summed E-state index contributed by atoms with van der Waals surface area (Å²) in [5.74, 6) is -1.15. The lowest BCUT2D eigenvalue weighted by Gasteiger charge is -2.26. The molecular formula is C18H15ClN2O5S2. The van der Waals surface area contributed by atoms with Crippen molar-refractivity contribution in [1.29, 1.82) is 0 Å². The van der Waals surface area contributed by atoms with Gasteiger partial charge in [-0.15, -0.1) is 11.3 Å². The van der Waals surface area contributed by atoms with E-state index in [0.29, 0.717) is 21.5 Å². The molecule has 1 aliphatic rings. The third kappa shape index (κ3) is 3.04. The van der Waals surface area contributed by atoms with E-state index in [1.54, 1.807) is 19.1 Å². The molecule has 1 aromatic carbocycles. The number of oxazole rings is 1. The van der Waals surface area contributed by atoms with Gasteiger partial charge in [-0.05, 0) is 35.7 Å². The van der Waals surface area contributed by atoms with Crippen molar-refractivity contribution in [1.82, 2.24) is 4.98 Å². The number of aliphatic carboxylic acids is 1. The van der Waals surface area contributed by atoms with Crippen LogP contribution in [0.3, 0.4) is 0 Å². The van der Waals surface area contributed by atoms with Crippen LogP contribution >= 0.6 is 22.9 Å². The molecular weight excluding hydrogens is 424 g/mol. The molecule has 10 heteroatoms. The molecule has 1 aliphatic carbocycles. The van der Waals surface area contributed by atoms with E-state index in [0.717, 1.165) is 21.2 Å². The smallest absolute Gasteiger partial charge is 0.331 e. The predicted octanol–water partition coefficient (Wildman–Crippen LogP) is 4.32. The molecule has 1 saturated carbocycles. The SMILES string of the molecule is Cc1nc(-c2ccc(N(S(=O)O)C3(C(=O)O)CC3c3ccccc3)s2)c(Cl)o1. The predicted molar refractivity (Wildman–Crippen MR) is 107 cm³/mol. The maximum atomic E-state index is 12.2.